The van der Waals surface area contributed by atoms with Crippen LogP contribution in [-0.4, -0.2) is 43.4 Å². The van der Waals surface area contributed by atoms with Gasteiger partial charge >= 0.3 is 0 Å². The van der Waals surface area contributed by atoms with Gasteiger partial charge in [-0.2, -0.15) is 4.98 Å². The molecule has 28 heavy (non-hydrogen) atoms. The lowest BCUT2D eigenvalue weighted by Gasteiger charge is -2.28. The van der Waals surface area contributed by atoms with Crippen molar-refractivity contribution < 1.29 is 9.90 Å². The van der Waals surface area contributed by atoms with Crippen LogP contribution in [0, 0.1) is 0 Å². The van der Waals surface area contributed by atoms with Gasteiger partial charge < -0.3 is 10.4 Å². The summed E-state index contributed by atoms with van der Waals surface area (Å²) in [6, 6.07) is 12.9. The van der Waals surface area contributed by atoms with Gasteiger partial charge in [-0.05, 0) is 18.4 Å². The molecule has 1 aliphatic carbocycles. The highest BCUT2D eigenvalue weighted by Crippen LogP contribution is 2.27. The number of aliphatic hydroxyl groups excluding tert-OH is 1. The fraction of sp³-hybridized carbons (Fsp3) is 0.300. The maximum atomic E-state index is 12.4. The summed E-state index contributed by atoms with van der Waals surface area (Å²) in [5.74, 6) is 1.42. The smallest absolute Gasteiger partial charge is 0.225 e. The van der Waals surface area contributed by atoms with E-state index in [4.69, 9.17) is 0 Å². The summed E-state index contributed by atoms with van der Waals surface area (Å²) in [7, 11) is 0. The van der Waals surface area contributed by atoms with E-state index in [0.717, 1.165) is 18.4 Å². The standard InChI is InChI=1S/C20H22N6O2/c1-14(28)26(17(13-27)15-5-3-2-4-6-15)19-10-12-25(24-19)18-9-11-21-20(23-18)22-16-7-8-16/h2-6,9-12,16-17,27H,7-8,13H2,1H3,(H,21,22,23)/t17-/m1/s1. The summed E-state index contributed by atoms with van der Waals surface area (Å²) in [5.41, 5.74) is 0.840. The normalized spacial score (nSPS) is 14.5. The minimum absolute atomic E-state index is 0.202. The predicted octanol–water partition coefficient (Wildman–Crippen LogP) is 2.32. The number of carbonyl (C=O) groups excluding carboxylic acids is 1. The Morgan fingerprint density at radius 1 is 1.29 bits per heavy atom. The van der Waals surface area contributed by atoms with E-state index in [9.17, 15) is 9.90 Å². The molecule has 8 nitrogen and oxygen atoms in total. The van der Waals surface area contributed by atoms with Crippen molar-refractivity contribution in [2.75, 3.05) is 16.8 Å². The second-order valence-corrected chi connectivity index (χ2v) is 6.77. The molecule has 0 saturated heterocycles. The number of aliphatic hydroxyl groups is 1. The van der Waals surface area contributed by atoms with Gasteiger partial charge in [0, 0.05) is 37.5 Å². The Labute approximate surface area is 162 Å². The Hall–Kier alpha value is -3.26. The number of carbonyl (C=O) groups is 1. The second kappa shape index (κ2) is 7.77. The average molecular weight is 378 g/mol. The van der Waals surface area contributed by atoms with Crippen molar-refractivity contribution in [1.82, 2.24) is 19.7 Å². The van der Waals surface area contributed by atoms with Crippen LogP contribution in [0.5, 0.6) is 0 Å². The lowest BCUT2D eigenvalue weighted by atomic mass is 10.1. The van der Waals surface area contributed by atoms with Crippen LogP contribution in [0.2, 0.25) is 0 Å². The molecule has 0 bridgehead atoms. The van der Waals surface area contributed by atoms with E-state index in [1.807, 2.05) is 30.3 Å². The van der Waals surface area contributed by atoms with E-state index < -0.39 is 6.04 Å². The largest absolute Gasteiger partial charge is 0.394 e. The molecular formula is C20H22N6O2. The fourth-order valence-corrected chi connectivity index (χ4v) is 3.08. The first-order valence-electron chi connectivity index (χ1n) is 9.27. The van der Waals surface area contributed by atoms with Crippen molar-refractivity contribution in [1.29, 1.82) is 0 Å². The molecule has 8 heteroatoms. The van der Waals surface area contributed by atoms with Crippen LogP contribution in [0.1, 0.15) is 31.4 Å². The molecule has 0 unspecified atom stereocenters. The molecule has 2 heterocycles. The summed E-state index contributed by atoms with van der Waals surface area (Å²) >= 11 is 0. The highest BCUT2D eigenvalue weighted by Gasteiger charge is 2.26. The SMILES string of the molecule is CC(=O)N(c1ccn(-c2ccnc(NC3CC3)n2)n1)[C@H](CO)c1ccccc1. The number of nitrogens with one attached hydrogen (secondary N) is 1. The van der Waals surface area contributed by atoms with E-state index in [1.54, 1.807) is 29.2 Å². The number of amides is 1. The number of anilines is 2. The van der Waals surface area contributed by atoms with Crippen molar-refractivity contribution in [2.45, 2.75) is 31.8 Å². The summed E-state index contributed by atoms with van der Waals surface area (Å²) in [6.07, 6.45) is 5.69. The summed E-state index contributed by atoms with van der Waals surface area (Å²) in [6.45, 7) is 1.26. The Balaban J connectivity index is 1.63. The van der Waals surface area contributed by atoms with Gasteiger partial charge in [-0.1, -0.05) is 30.3 Å². The highest BCUT2D eigenvalue weighted by molar-refractivity contribution is 5.91. The molecule has 0 aliphatic heterocycles. The number of hydrogen-bond acceptors (Lipinski definition) is 6. The van der Waals surface area contributed by atoms with Gasteiger partial charge in [0.1, 0.15) is 0 Å². The summed E-state index contributed by atoms with van der Waals surface area (Å²) in [5, 5.41) is 17.7. The van der Waals surface area contributed by atoms with E-state index in [2.05, 4.69) is 20.4 Å². The van der Waals surface area contributed by atoms with E-state index in [-0.39, 0.29) is 12.5 Å². The van der Waals surface area contributed by atoms with Crippen molar-refractivity contribution in [3.8, 4) is 5.82 Å². The maximum Gasteiger partial charge on any atom is 0.225 e. The van der Waals surface area contributed by atoms with Crippen LogP contribution in [-0.2, 0) is 4.79 Å². The molecule has 1 fully saturated rings. The van der Waals surface area contributed by atoms with Crippen LogP contribution >= 0.6 is 0 Å². The van der Waals surface area contributed by atoms with Gasteiger partial charge in [-0.25, -0.2) is 9.67 Å². The van der Waals surface area contributed by atoms with Gasteiger partial charge in [0.05, 0.1) is 12.6 Å². The van der Waals surface area contributed by atoms with Crippen LogP contribution in [0.25, 0.3) is 5.82 Å². The van der Waals surface area contributed by atoms with E-state index in [1.165, 1.54) is 11.8 Å². The molecule has 1 saturated carbocycles. The van der Waals surface area contributed by atoms with Gasteiger partial charge in [0.2, 0.25) is 11.9 Å². The third-order valence-corrected chi connectivity index (χ3v) is 4.62. The van der Waals surface area contributed by atoms with Crippen molar-refractivity contribution in [3.63, 3.8) is 0 Å². The third-order valence-electron chi connectivity index (χ3n) is 4.62. The van der Waals surface area contributed by atoms with Crippen LogP contribution < -0.4 is 10.2 Å². The van der Waals surface area contributed by atoms with Gasteiger partial charge in [-0.3, -0.25) is 9.69 Å². The molecule has 3 aromatic rings. The minimum atomic E-state index is -0.514. The van der Waals surface area contributed by atoms with Crippen LogP contribution in [0.3, 0.4) is 0 Å². The number of rotatable bonds is 7. The minimum Gasteiger partial charge on any atom is -0.394 e. The first-order chi connectivity index (χ1) is 13.7. The molecule has 2 aromatic heterocycles. The Morgan fingerprint density at radius 3 is 2.75 bits per heavy atom. The number of nitrogens with zero attached hydrogens (tertiary/aromatic N) is 5. The number of benzene rings is 1. The molecule has 4 rings (SSSR count). The maximum absolute atomic E-state index is 12.4. The molecule has 1 aromatic carbocycles. The average Bonchev–Trinajstić information content (AvgIpc) is 3.39. The monoisotopic (exact) mass is 378 g/mol. The fourth-order valence-electron chi connectivity index (χ4n) is 3.08. The molecule has 0 spiro atoms. The number of hydrogen-bond donors (Lipinski definition) is 2. The highest BCUT2D eigenvalue weighted by atomic mass is 16.3. The van der Waals surface area contributed by atoms with Gasteiger partial charge in [0.25, 0.3) is 0 Å². The molecular weight excluding hydrogens is 356 g/mol. The quantitative estimate of drug-likeness (QED) is 0.655. The van der Waals surface area contributed by atoms with Crippen molar-refractivity contribution >= 4 is 17.7 Å². The molecule has 1 atom stereocenters. The summed E-state index contributed by atoms with van der Waals surface area (Å²) < 4.78 is 1.60. The Bertz CT molecular complexity index is 954. The zero-order valence-electron chi connectivity index (χ0n) is 15.6. The third kappa shape index (κ3) is 3.86. The first-order valence-corrected chi connectivity index (χ1v) is 9.27. The van der Waals surface area contributed by atoms with E-state index >= 15 is 0 Å². The lowest BCUT2D eigenvalue weighted by molar-refractivity contribution is -0.117. The topological polar surface area (TPSA) is 96.2 Å². The van der Waals surface area contributed by atoms with E-state index in [0.29, 0.717) is 23.6 Å². The molecule has 1 aliphatic rings. The molecule has 0 radical (unpaired) electrons. The summed E-state index contributed by atoms with van der Waals surface area (Å²) in [4.78, 5) is 22.6. The van der Waals surface area contributed by atoms with Crippen LogP contribution in [0.4, 0.5) is 11.8 Å². The Morgan fingerprint density at radius 2 is 2.07 bits per heavy atom. The van der Waals surface area contributed by atoms with Gasteiger partial charge in [0.15, 0.2) is 11.6 Å². The number of aromatic nitrogens is 4. The lowest BCUT2D eigenvalue weighted by Crippen LogP contribution is -2.35. The zero-order valence-corrected chi connectivity index (χ0v) is 15.6. The van der Waals surface area contributed by atoms with Crippen molar-refractivity contribution in [3.05, 3.63) is 60.4 Å². The first kappa shape index (κ1) is 18.1. The Kier molecular flexibility index (Phi) is 5.03. The molecule has 144 valence electrons. The van der Waals surface area contributed by atoms with Crippen LogP contribution in [0.15, 0.2) is 54.9 Å². The molecule has 1 amide bonds. The predicted molar refractivity (Wildman–Crippen MR) is 105 cm³/mol. The van der Waals surface area contributed by atoms with Gasteiger partial charge in [-0.15, -0.1) is 5.10 Å². The van der Waals surface area contributed by atoms with Crippen molar-refractivity contribution in [2.24, 2.45) is 0 Å². The zero-order chi connectivity index (χ0) is 19.5. The molecule has 2 N–H and O–H groups in total. The second-order valence-electron chi connectivity index (χ2n) is 6.77.